The number of benzene rings is 1. The fourth-order valence-corrected chi connectivity index (χ4v) is 1.08. The lowest BCUT2D eigenvalue weighted by molar-refractivity contribution is -0.155. The molecule has 88 valence electrons. The molecular formula is C11H15NO4. The van der Waals surface area contributed by atoms with Gasteiger partial charge in [0, 0.05) is 11.8 Å². The monoisotopic (exact) mass is 225 g/mol. The van der Waals surface area contributed by atoms with E-state index in [2.05, 4.69) is 5.32 Å². The van der Waals surface area contributed by atoms with E-state index in [-0.39, 0.29) is 6.54 Å². The molecule has 5 heteroatoms. The summed E-state index contributed by atoms with van der Waals surface area (Å²) in [7, 11) is 1.55. The van der Waals surface area contributed by atoms with E-state index in [1.54, 1.807) is 31.4 Å². The van der Waals surface area contributed by atoms with Crippen LogP contribution in [0.4, 0.5) is 5.69 Å². The van der Waals surface area contributed by atoms with Crippen molar-refractivity contribution in [3.63, 3.8) is 0 Å². The van der Waals surface area contributed by atoms with Crippen LogP contribution in [0.5, 0.6) is 5.75 Å². The second-order valence-corrected chi connectivity index (χ2v) is 3.66. The minimum Gasteiger partial charge on any atom is -0.497 e. The van der Waals surface area contributed by atoms with Gasteiger partial charge in [0.15, 0.2) is 5.60 Å². The van der Waals surface area contributed by atoms with E-state index >= 15 is 0 Å². The highest BCUT2D eigenvalue weighted by Gasteiger charge is 2.29. The summed E-state index contributed by atoms with van der Waals surface area (Å²) in [6, 6.07) is 7.04. The molecule has 0 radical (unpaired) electrons. The van der Waals surface area contributed by atoms with Crippen LogP contribution in [0.25, 0.3) is 0 Å². The van der Waals surface area contributed by atoms with Crippen molar-refractivity contribution in [2.24, 2.45) is 0 Å². The van der Waals surface area contributed by atoms with E-state index in [0.29, 0.717) is 11.4 Å². The average Bonchev–Trinajstić information content (AvgIpc) is 2.26. The fraction of sp³-hybridized carbons (Fsp3) is 0.364. The van der Waals surface area contributed by atoms with Crippen LogP contribution in [0, 0.1) is 0 Å². The van der Waals surface area contributed by atoms with Crippen LogP contribution in [-0.2, 0) is 4.79 Å². The molecule has 1 aromatic rings. The molecule has 1 unspecified atom stereocenters. The first-order valence-electron chi connectivity index (χ1n) is 4.79. The molecular weight excluding hydrogens is 210 g/mol. The van der Waals surface area contributed by atoms with Crippen LogP contribution in [0.15, 0.2) is 24.3 Å². The second-order valence-electron chi connectivity index (χ2n) is 3.66. The van der Waals surface area contributed by atoms with Gasteiger partial charge in [-0.3, -0.25) is 0 Å². The largest absolute Gasteiger partial charge is 0.497 e. The average molecular weight is 225 g/mol. The molecule has 0 aliphatic rings. The lowest BCUT2D eigenvalue weighted by Crippen LogP contribution is -2.41. The normalized spacial score (nSPS) is 13.9. The van der Waals surface area contributed by atoms with Crippen molar-refractivity contribution in [3.8, 4) is 5.75 Å². The number of hydrogen-bond acceptors (Lipinski definition) is 4. The summed E-state index contributed by atoms with van der Waals surface area (Å²) in [5.74, 6) is -0.595. The predicted octanol–water partition coefficient (Wildman–Crippen LogP) is 0.943. The molecule has 0 spiro atoms. The van der Waals surface area contributed by atoms with Gasteiger partial charge in [0.25, 0.3) is 0 Å². The number of carbonyl (C=O) groups is 1. The van der Waals surface area contributed by atoms with Crippen molar-refractivity contribution < 1.29 is 19.7 Å². The van der Waals surface area contributed by atoms with Gasteiger partial charge >= 0.3 is 5.97 Å². The number of nitrogens with one attached hydrogen (secondary N) is 1. The zero-order valence-electron chi connectivity index (χ0n) is 9.23. The minimum atomic E-state index is -1.79. The summed E-state index contributed by atoms with van der Waals surface area (Å²) in [4.78, 5) is 10.7. The van der Waals surface area contributed by atoms with Gasteiger partial charge in [0.2, 0.25) is 0 Å². The summed E-state index contributed by atoms with van der Waals surface area (Å²) in [5.41, 5.74) is -1.09. The van der Waals surface area contributed by atoms with Gasteiger partial charge in [0.1, 0.15) is 5.75 Å². The van der Waals surface area contributed by atoms with Crippen molar-refractivity contribution >= 4 is 11.7 Å². The zero-order chi connectivity index (χ0) is 12.2. The second kappa shape index (κ2) is 4.85. The van der Waals surface area contributed by atoms with Gasteiger partial charge in [0.05, 0.1) is 13.7 Å². The molecule has 5 nitrogen and oxygen atoms in total. The Morgan fingerprint density at radius 1 is 1.56 bits per heavy atom. The van der Waals surface area contributed by atoms with Crippen LogP contribution >= 0.6 is 0 Å². The van der Waals surface area contributed by atoms with Gasteiger partial charge in [-0.25, -0.2) is 4.79 Å². The van der Waals surface area contributed by atoms with E-state index in [4.69, 9.17) is 9.84 Å². The summed E-state index contributed by atoms with van der Waals surface area (Å²) < 4.78 is 5.02. The zero-order valence-corrected chi connectivity index (χ0v) is 9.23. The Labute approximate surface area is 93.7 Å². The van der Waals surface area contributed by atoms with Crippen LogP contribution in [0.2, 0.25) is 0 Å². The Morgan fingerprint density at radius 3 is 2.81 bits per heavy atom. The molecule has 0 heterocycles. The fourth-order valence-electron chi connectivity index (χ4n) is 1.08. The Hall–Kier alpha value is -1.75. The lowest BCUT2D eigenvalue weighted by atomic mass is 10.1. The van der Waals surface area contributed by atoms with E-state index in [0.717, 1.165) is 0 Å². The molecule has 0 aliphatic heterocycles. The van der Waals surface area contributed by atoms with Crippen LogP contribution < -0.4 is 10.1 Å². The first-order valence-corrected chi connectivity index (χ1v) is 4.79. The van der Waals surface area contributed by atoms with Gasteiger partial charge in [-0.05, 0) is 19.1 Å². The third-order valence-electron chi connectivity index (χ3n) is 2.17. The number of aliphatic hydroxyl groups is 1. The Kier molecular flexibility index (Phi) is 3.73. The first kappa shape index (κ1) is 12.3. The van der Waals surface area contributed by atoms with Crippen molar-refractivity contribution in [1.29, 1.82) is 0 Å². The maximum absolute atomic E-state index is 10.7. The number of hydrogen-bond donors (Lipinski definition) is 3. The number of carboxylic acid groups (broad SMARTS) is 1. The lowest BCUT2D eigenvalue weighted by Gasteiger charge is -2.19. The topological polar surface area (TPSA) is 78.8 Å². The van der Waals surface area contributed by atoms with Crippen molar-refractivity contribution in [2.75, 3.05) is 19.0 Å². The van der Waals surface area contributed by atoms with Crippen molar-refractivity contribution in [3.05, 3.63) is 24.3 Å². The molecule has 0 saturated heterocycles. The number of ether oxygens (including phenoxy) is 1. The van der Waals surface area contributed by atoms with Gasteiger partial charge in [-0.1, -0.05) is 6.07 Å². The quantitative estimate of drug-likeness (QED) is 0.695. The number of anilines is 1. The number of methoxy groups -OCH3 is 1. The standard InChI is InChI=1S/C11H15NO4/c1-11(15,10(13)14)7-12-8-4-3-5-9(6-8)16-2/h3-6,12,15H,7H2,1-2H3,(H,13,14). The Bertz CT molecular complexity index is 376. The highest BCUT2D eigenvalue weighted by molar-refractivity contribution is 5.77. The third kappa shape index (κ3) is 3.13. The molecule has 0 saturated carbocycles. The van der Waals surface area contributed by atoms with Crippen LogP contribution in [0.1, 0.15) is 6.92 Å². The molecule has 1 atom stereocenters. The maximum Gasteiger partial charge on any atom is 0.337 e. The number of carboxylic acids is 1. The summed E-state index contributed by atoms with van der Waals surface area (Å²) in [6.07, 6.45) is 0. The van der Waals surface area contributed by atoms with Crippen molar-refractivity contribution in [2.45, 2.75) is 12.5 Å². The molecule has 3 N–H and O–H groups in total. The molecule has 0 amide bonds. The number of rotatable bonds is 5. The molecule has 1 aromatic carbocycles. The summed E-state index contributed by atoms with van der Waals surface area (Å²) >= 11 is 0. The maximum atomic E-state index is 10.7. The Balaban J connectivity index is 2.64. The van der Waals surface area contributed by atoms with Crippen molar-refractivity contribution in [1.82, 2.24) is 0 Å². The summed E-state index contributed by atoms with van der Waals surface area (Å²) in [6.45, 7) is 1.16. The third-order valence-corrected chi connectivity index (χ3v) is 2.17. The highest BCUT2D eigenvalue weighted by Crippen LogP contribution is 2.17. The molecule has 16 heavy (non-hydrogen) atoms. The summed E-state index contributed by atoms with van der Waals surface area (Å²) in [5, 5.41) is 21.0. The predicted molar refractivity (Wildman–Crippen MR) is 59.7 cm³/mol. The molecule has 0 aromatic heterocycles. The van der Waals surface area contributed by atoms with Gasteiger partial charge < -0.3 is 20.3 Å². The molecule has 0 bridgehead atoms. The first-order chi connectivity index (χ1) is 7.45. The van der Waals surface area contributed by atoms with E-state index in [1.165, 1.54) is 6.92 Å². The van der Waals surface area contributed by atoms with Gasteiger partial charge in [-0.15, -0.1) is 0 Å². The SMILES string of the molecule is COc1cccc(NCC(C)(O)C(=O)O)c1. The van der Waals surface area contributed by atoms with Crippen LogP contribution in [-0.4, -0.2) is 35.4 Å². The minimum absolute atomic E-state index is 0.0739. The molecule has 0 aliphatic carbocycles. The van der Waals surface area contributed by atoms with E-state index in [1.807, 2.05) is 0 Å². The molecule has 0 fully saturated rings. The van der Waals surface area contributed by atoms with Gasteiger partial charge in [-0.2, -0.15) is 0 Å². The van der Waals surface area contributed by atoms with E-state index in [9.17, 15) is 9.90 Å². The highest BCUT2D eigenvalue weighted by atomic mass is 16.5. The smallest absolute Gasteiger partial charge is 0.337 e. The molecule has 1 rings (SSSR count). The number of aliphatic carboxylic acids is 1. The Morgan fingerprint density at radius 2 is 2.25 bits per heavy atom. The van der Waals surface area contributed by atoms with Crippen LogP contribution in [0.3, 0.4) is 0 Å². The van der Waals surface area contributed by atoms with E-state index < -0.39 is 11.6 Å².